The monoisotopic (exact) mass is 370 g/mol. The number of nitro groups is 2. The van der Waals surface area contributed by atoms with Gasteiger partial charge in [0, 0.05) is 30.1 Å². The van der Waals surface area contributed by atoms with Crippen LogP contribution >= 0.6 is 0 Å². The van der Waals surface area contributed by atoms with Crippen LogP contribution in [0.15, 0.2) is 34.3 Å². The summed E-state index contributed by atoms with van der Waals surface area (Å²) in [4.78, 5) is 27.6. The van der Waals surface area contributed by atoms with Crippen LogP contribution in [0.1, 0.15) is 29.7 Å². The van der Waals surface area contributed by atoms with Gasteiger partial charge in [-0.3, -0.25) is 30.2 Å². The topological polar surface area (TPSA) is 163 Å². The van der Waals surface area contributed by atoms with Crippen molar-refractivity contribution in [2.45, 2.75) is 20.5 Å². The molecule has 0 aromatic heterocycles. The van der Waals surface area contributed by atoms with Crippen LogP contribution in [0.4, 0.5) is 22.7 Å². The molecule has 10 heteroatoms. The minimum absolute atomic E-state index is 0. The summed E-state index contributed by atoms with van der Waals surface area (Å²) in [5, 5.41) is 21.2. The van der Waals surface area contributed by atoms with Crippen LogP contribution in [0.2, 0.25) is 0 Å². The lowest BCUT2D eigenvalue weighted by molar-refractivity contribution is -0.422. The number of benzene rings is 2. The summed E-state index contributed by atoms with van der Waals surface area (Å²) in [6.07, 6.45) is 3.30. The van der Waals surface area contributed by atoms with Crippen LogP contribution < -0.4 is 11.5 Å². The Kier molecular flexibility index (Phi) is 5.49. The van der Waals surface area contributed by atoms with Gasteiger partial charge in [0.1, 0.15) is 0 Å². The van der Waals surface area contributed by atoms with Crippen molar-refractivity contribution in [1.82, 2.24) is 0 Å². The molecule has 140 valence electrons. The first-order valence-corrected chi connectivity index (χ1v) is 7.50. The molecule has 0 saturated heterocycles. The Morgan fingerprint density at radius 1 is 0.778 bits per heavy atom. The van der Waals surface area contributed by atoms with Crippen LogP contribution in [-0.2, 0) is 13.1 Å². The van der Waals surface area contributed by atoms with E-state index >= 15 is 0 Å². The lowest BCUT2D eigenvalue weighted by Crippen LogP contribution is -1.99. The van der Waals surface area contributed by atoms with Gasteiger partial charge in [0.15, 0.2) is 0 Å². The molecular formula is C17H18N6O4. The summed E-state index contributed by atoms with van der Waals surface area (Å²) in [5.74, 6) is 0. The Labute approximate surface area is 154 Å². The molecule has 10 nitrogen and oxygen atoms in total. The summed E-state index contributed by atoms with van der Waals surface area (Å²) < 4.78 is 0. The Bertz CT molecular complexity index is 984. The number of nitrogen functional groups attached to an aromatic ring is 2. The molecule has 0 fully saturated rings. The molecule has 0 saturated carbocycles. The molecule has 0 amide bonds. The van der Waals surface area contributed by atoms with Crippen LogP contribution in [0.25, 0.3) is 0 Å². The zero-order valence-corrected chi connectivity index (χ0v) is 13.5. The second kappa shape index (κ2) is 7.60. The molecule has 2 heterocycles. The molecule has 2 aromatic carbocycles. The van der Waals surface area contributed by atoms with Gasteiger partial charge in [-0.25, -0.2) is 0 Å². The Morgan fingerprint density at radius 3 is 1.78 bits per heavy atom. The highest BCUT2D eigenvalue weighted by Crippen LogP contribution is 2.31. The largest absolute Gasteiger partial charge is 0.397 e. The first-order chi connectivity index (χ1) is 12.4. The second-order valence-corrected chi connectivity index (χ2v) is 5.67. The van der Waals surface area contributed by atoms with E-state index in [1.54, 1.807) is 0 Å². The molecule has 0 atom stereocenters. The fourth-order valence-electron chi connectivity index (χ4n) is 2.63. The molecule has 4 N–H and O–H groups in total. The van der Waals surface area contributed by atoms with Crippen molar-refractivity contribution in [1.29, 1.82) is 0 Å². The number of aliphatic imine (C=N–C) groups is 2. The van der Waals surface area contributed by atoms with Gasteiger partial charge in [-0.2, -0.15) is 0 Å². The van der Waals surface area contributed by atoms with Gasteiger partial charge < -0.3 is 11.5 Å². The molecule has 0 unspecified atom stereocenters. The second-order valence-electron chi connectivity index (χ2n) is 5.67. The average molecular weight is 370 g/mol. The standard InChI is InChI=1S/C8H5N3O4.C8H9N3.CH4/c12-10(13)7-1-5-3-9-4-6(5)2-8(7)11(14)15;9-7-1-5-3-11-4-6(5)2-8(7)10;/h1-3H,4H2;1-3H,4,9-10H2;1H4. The number of nitrogens with two attached hydrogens (primary N) is 2. The fourth-order valence-corrected chi connectivity index (χ4v) is 2.63. The van der Waals surface area contributed by atoms with Gasteiger partial charge in [0.2, 0.25) is 0 Å². The predicted octanol–water partition coefficient (Wildman–Crippen LogP) is 2.86. The molecule has 2 aliphatic rings. The lowest BCUT2D eigenvalue weighted by atomic mass is 10.1. The van der Waals surface area contributed by atoms with Gasteiger partial charge in [-0.1, -0.05) is 7.43 Å². The highest BCUT2D eigenvalue weighted by atomic mass is 16.6. The quantitative estimate of drug-likeness (QED) is 0.469. The van der Waals surface area contributed by atoms with Gasteiger partial charge >= 0.3 is 11.4 Å². The number of fused-ring (bicyclic) bond motifs is 2. The van der Waals surface area contributed by atoms with Gasteiger partial charge in [-0.15, -0.1) is 0 Å². The maximum absolute atomic E-state index is 10.6. The zero-order chi connectivity index (χ0) is 18.8. The molecule has 27 heavy (non-hydrogen) atoms. The number of anilines is 2. The third kappa shape index (κ3) is 3.89. The molecule has 0 aliphatic carbocycles. The maximum Gasteiger partial charge on any atom is 0.346 e. The summed E-state index contributed by atoms with van der Waals surface area (Å²) in [6.45, 7) is 1.08. The first-order valence-electron chi connectivity index (χ1n) is 7.50. The van der Waals surface area contributed by atoms with Crippen LogP contribution in [0, 0.1) is 20.2 Å². The number of nitrogens with zero attached hydrogens (tertiary/aromatic N) is 4. The van der Waals surface area contributed by atoms with Crippen molar-refractivity contribution < 1.29 is 9.85 Å². The maximum atomic E-state index is 10.6. The van der Waals surface area contributed by atoms with Gasteiger partial charge in [0.25, 0.3) is 0 Å². The van der Waals surface area contributed by atoms with E-state index in [-0.39, 0.29) is 7.43 Å². The summed E-state index contributed by atoms with van der Waals surface area (Å²) in [7, 11) is 0. The molecule has 4 rings (SSSR count). The van der Waals surface area contributed by atoms with Crippen LogP contribution in [-0.4, -0.2) is 22.3 Å². The normalized spacial score (nSPS) is 12.4. The lowest BCUT2D eigenvalue weighted by Gasteiger charge is -2.02. The van der Waals surface area contributed by atoms with Crippen LogP contribution in [0.5, 0.6) is 0 Å². The Hall–Kier alpha value is -3.82. The van der Waals surface area contributed by atoms with Crippen molar-refractivity contribution >= 4 is 35.2 Å². The van der Waals surface area contributed by atoms with E-state index in [1.807, 2.05) is 18.3 Å². The number of hydrogen-bond acceptors (Lipinski definition) is 8. The summed E-state index contributed by atoms with van der Waals surface area (Å²) in [5.41, 5.74) is 15.0. The first kappa shape index (κ1) is 19.5. The predicted molar refractivity (Wildman–Crippen MR) is 104 cm³/mol. The third-order valence-corrected chi connectivity index (χ3v) is 3.96. The minimum atomic E-state index is -0.759. The summed E-state index contributed by atoms with van der Waals surface area (Å²) in [6, 6.07) is 6.14. The highest BCUT2D eigenvalue weighted by Gasteiger charge is 2.27. The fraction of sp³-hybridized carbons (Fsp3) is 0.176. The molecular weight excluding hydrogens is 352 g/mol. The molecule has 0 spiro atoms. The van der Waals surface area contributed by atoms with Crippen molar-refractivity contribution in [3.05, 3.63) is 66.7 Å². The van der Waals surface area contributed by atoms with E-state index in [1.165, 1.54) is 18.3 Å². The van der Waals surface area contributed by atoms with Crippen molar-refractivity contribution in [3.63, 3.8) is 0 Å². The smallest absolute Gasteiger partial charge is 0.346 e. The number of hydrogen-bond donors (Lipinski definition) is 2. The number of nitro benzene ring substituents is 2. The number of rotatable bonds is 2. The van der Waals surface area contributed by atoms with Gasteiger partial charge in [0.05, 0.1) is 34.3 Å². The molecule has 0 bridgehead atoms. The average Bonchev–Trinajstić information content (AvgIpc) is 3.22. The molecule has 2 aromatic rings. The third-order valence-electron chi connectivity index (χ3n) is 3.96. The molecule has 2 aliphatic heterocycles. The highest BCUT2D eigenvalue weighted by molar-refractivity contribution is 5.88. The van der Waals surface area contributed by atoms with Gasteiger partial charge in [-0.05, 0) is 28.8 Å². The van der Waals surface area contributed by atoms with E-state index in [4.69, 9.17) is 11.5 Å². The van der Waals surface area contributed by atoms with Crippen molar-refractivity contribution in [2.75, 3.05) is 11.5 Å². The Morgan fingerprint density at radius 2 is 1.22 bits per heavy atom. The van der Waals surface area contributed by atoms with Crippen LogP contribution in [0.3, 0.4) is 0 Å². The van der Waals surface area contributed by atoms with E-state index in [0.717, 1.165) is 17.7 Å². The van der Waals surface area contributed by atoms with Crippen molar-refractivity contribution in [2.24, 2.45) is 9.98 Å². The zero-order valence-electron chi connectivity index (χ0n) is 13.5. The Balaban J connectivity index is 0.000000194. The van der Waals surface area contributed by atoms with E-state index < -0.39 is 21.2 Å². The minimum Gasteiger partial charge on any atom is -0.397 e. The summed E-state index contributed by atoms with van der Waals surface area (Å²) >= 11 is 0. The molecule has 0 radical (unpaired) electrons. The van der Waals surface area contributed by atoms with E-state index in [0.29, 0.717) is 29.0 Å². The van der Waals surface area contributed by atoms with E-state index in [2.05, 4.69) is 9.98 Å². The van der Waals surface area contributed by atoms with E-state index in [9.17, 15) is 20.2 Å². The van der Waals surface area contributed by atoms with Crippen molar-refractivity contribution in [3.8, 4) is 0 Å². The SMILES string of the molecule is C.Nc1cc2c(cc1N)CN=C2.O=[N+]([O-])c1cc2c(cc1[N+](=O)[O-])CN=C2.